The molecule has 2 N–H and O–H groups in total. The first-order valence-corrected chi connectivity index (χ1v) is 7.05. The molecule has 0 spiro atoms. The average Bonchev–Trinajstić information content (AvgIpc) is 3.18. The molecule has 0 unspecified atom stereocenters. The molecule has 1 aromatic rings. The van der Waals surface area contributed by atoms with E-state index in [4.69, 9.17) is 16.7 Å². The summed E-state index contributed by atoms with van der Waals surface area (Å²) in [5.74, 6) is 0.0384. The normalized spacial score (nSPS) is 16.2. The van der Waals surface area contributed by atoms with Crippen molar-refractivity contribution in [2.45, 2.75) is 32.6 Å². The van der Waals surface area contributed by atoms with Crippen molar-refractivity contribution in [2.24, 2.45) is 5.41 Å². The number of benzene rings is 1. The number of carbonyl (C=O) groups excluding carboxylic acids is 1. The van der Waals surface area contributed by atoms with Crippen LogP contribution in [-0.4, -0.2) is 24.2 Å². The van der Waals surface area contributed by atoms with Crippen molar-refractivity contribution in [3.63, 3.8) is 0 Å². The molecule has 0 atom stereocenters. The van der Waals surface area contributed by atoms with Gasteiger partial charge in [0.05, 0.1) is 6.61 Å². The minimum absolute atomic E-state index is 0.0250. The lowest BCUT2D eigenvalue weighted by molar-refractivity contribution is -0.121. The molecule has 0 heterocycles. The zero-order valence-electron chi connectivity index (χ0n) is 11.2. The molecule has 0 saturated heterocycles. The van der Waals surface area contributed by atoms with Crippen LogP contribution in [0.5, 0.6) is 0 Å². The van der Waals surface area contributed by atoms with E-state index in [0.717, 1.165) is 29.0 Å². The molecule has 1 amide bonds. The van der Waals surface area contributed by atoms with Gasteiger partial charge in [0.15, 0.2) is 0 Å². The highest BCUT2D eigenvalue weighted by Crippen LogP contribution is 2.44. The van der Waals surface area contributed by atoms with E-state index in [1.54, 1.807) is 0 Å². The summed E-state index contributed by atoms with van der Waals surface area (Å²) >= 11 is 6.05. The van der Waals surface area contributed by atoms with Gasteiger partial charge in [-0.1, -0.05) is 23.7 Å². The fourth-order valence-electron chi connectivity index (χ4n) is 1.99. The van der Waals surface area contributed by atoms with Gasteiger partial charge in [-0.05, 0) is 43.4 Å². The summed E-state index contributed by atoms with van der Waals surface area (Å²) in [4.78, 5) is 11.7. The van der Waals surface area contributed by atoms with Gasteiger partial charge in [0, 0.05) is 23.4 Å². The van der Waals surface area contributed by atoms with E-state index >= 15 is 0 Å². The number of rotatable bonds is 6. The van der Waals surface area contributed by atoms with Crippen molar-refractivity contribution in [3.05, 3.63) is 34.3 Å². The van der Waals surface area contributed by atoms with Crippen LogP contribution < -0.4 is 5.32 Å². The van der Waals surface area contributed by atoms with Crippen LogP contribution in [0.15, 0.2) is 18.2 Å². The molecule has 4 heteroatoms. The second kappa shape index (κ2) is 5.93. The predicted molar refractivity (Wildman–Crippen MR) is 76.3 cm³/mol. The van der Waals surface area contributed by atoms with Crippen LogP contribution >= 0.6 is 11.6 Å². The number of aliphatic hydroxyl groups excluding tert-OH is 1. The molecule has 19 heavy (non-hydrogen) atoms. The number of carbonyl (C=O) groups is 1. The summed E-state index contributed by atoms with van der Waals surface area (Å²) in [6.07, 6.45) is 3.17. The van der Waals surface area contributed by atoms with Crippen LogP contribution in [0, 0.1) is 12.3 Å². The minimum Gasteiger partial charge on any atom is -0.396 e. The Morgan fingerprint density at radius 1 is 1.47 bits per heavy atom. The highest BCUT2D eigenvalue weighted by atomic mass is 35.5. The third kappa shape index (κ3) is 3.95. The fraction of sp³-hybridized carbons (Fsp3) is 0.533. The number of amides is 1. The largest absolute Gasteiger partial charge is 0.396 e. The molecular formula is C15H20ClNO2. The second-order valence-corrected chi connectivity index (χ2v) is 5.93. The molecular weight excluding hydrogens is 262 g/mol. The summed E-state index contributed by atoms with van der Waals surface area (Å²) in [6.45, 7) is 2.72. The van der Waals surface area contributed by atoms with Crippen LogP contribution in [0.1, 0.15) is 30.4 Å². The number of aryl methyl sites for hydroxylation is 2. The minimum atomic E-state index is -0.0250. The summed E-state index contributed by atoms with van der Waals surface area (Å²) in [5, 5.41) is 12.8. The topological polar surface area (TPSA) is 49.3 Å². The number of hydrogen-bond donors (Lipinski definition) is 2. The lowest BCUT2D eigenvalue weighted by Gasteiger charge is -2.12. The molecule has 1 fully saturated rings. The Morgan fingerprint density at radius 2 is 2.21 bits per heavy atom. The van der Waals surface area contributed by atoms with Crippen LogP contribution in [0.4, 0.5) is 0 Å². The Labute approximate surface area is 119 Å². The van der Waals surface area contributed by atoms with Crippen molar-refractivity contribution in [1.29, 1.82) is 0 Å². The zero-order chi connectivity index (χ0) is 13.9. The number of hydrogen-bond acceptors (Lipinski definition) is 2. The molecule has 1 aliphatic carbocycles. The molecule has 2 rings (SSSR count). The standard InChI is InChI=1S/C15H20ClNO2/c1-11-2-3-12(8-13(11)16)4-5-14(19)17-9-15(10-18)6-7-15/h2-3,8,18H,4-7,9-10H2,1H3,(H,17,19). The number of nitrogens with one attached hydrogen (secondary N) is 1. The molecule has 104 valence electrons. The zero-order valence-corrected chi connectivity index (χ0v) is 12.0. The molecule has 3 nitrogen and oxygen atoms in total. The third-order valence-electron chi connectivity index (χ3n) is 3.83. The monoisotopic (exact) mass is 281 g/mol. The summed E-state index contributed by atoms with van der Waals surface area (Å²) in [6, 6.07) is 5.89. The van der Waals surface area contributed by atoms with E-state index in [9.17, 15) is 4.79 Å². The Hall–Kier alpha value is -1.06. The maximum absolute atomic E-state index is 11.7. The van der Waals surface area contributed by atoms with Gasteiger partial charge in [-0.2, -0.15) is 0 Å². The highest BCUT2D eigenvalue weighted by Gasteiger charge is 2.41. The van der Waals surface area contributed by atoms with Gasteiger partial charge in [-0.15, -0.1) is 0 Å². The maximum atomic E-state index is 11.7. The van der Waals surface area contributed by atoms with Gasteiger partial charge >= 0.3 is 0 Å². The molecule has 0 radical (unpaired) electrons. The van der Waals surface area contributed by atoms with Gasteiger partial charge in [0.2, 0.25) is 5.91 Å². The third-order valence-corrected chi connectivity index (χ3v) is 4.24. The highest BCUT2D eigenvalue weighted by molar-refractivity contribution is 6.31. The van der Waals surface area contributed by atoms with Gasteiger partial charge < -0.3 is 10.4 Å². The van der Waals surface area contributed by atoms with Crippen LogP contribution in [0.3, 0.4) is 0 Å². The maximum Gasteiger partial charge on any atom is 0.220 e. The summed E-state index contributed by atoms with van der Waals surface area (Å²) in [7, 11) is 0. The molecule has 1 aliphatic rings. The van der Waals surface area contributed by atoms with Crippen LogP contribution in [0.2, 0.25) is 5.02 Å². The van der Waals surface area contributed by atoms with Crippen molar-refractivity contribution in [3.8, 4) is 0 Å². The second-order valence-electron chi connectivity index (χ2n) is 5.52. The van der Waals surface area contributed by atoms with Crippen molar-refractivity contribution >= 4 is 17.5 Å². The molecule has 1 aromatic carbocycles. The molecule has 0 aromatic heterocycles. The van der Waals surface area contributed by atoms with E-state index in [1.807, 2.05) is 25.1 Å². The number of aliphatic hydroxyl groups is 1. The first kappa shape index (κ1) is 14.4. The Bertz CT molecular complexity index is 469. The molecule has 0 aliphatic heterocycles. The Balaban J connectivity index is 1.75. The van der Waals surface area contributed by atoms with E-state index in [0.29, 0.717) is 19.4 Å². The van der Waals surface area contributed by atoms with E-state index in [2.05, 4.69) is 5.32 Å². The van der Waals surface area contributed by atoms with E-state index < -0.39 is 0 Å². The summed E-state index contributed by atoms with van der Waals surface area (Å²) in [5.41, 5.74) is 2.10. The molecule has 0 bridgehead atoms. The first-order chi connectivity index (χ1) is 9.04. The summed E-state index contributed by atoms with van der Waals surface area (Å²) < 4.78 is 0. The predicted octanol–water partition coefficient (Wildman–Crippen LogP) is 2.47. The van der Waals surface area contributed by atoms with Crippen molar-refractivity contribution in [2.75, 3.05) is 13.2 Å². The first-order valence-electron chi connectivity index (χ1n) is 6.67. The van der Waals surface area contributed by atoms with Gasteiger partial charge in [0.1, 0.15) is 0 Å². The average molecular weight is 282 g/mol. The smallest absolute Gasteiger partial charge is 0.220 e. The molecule has 1 saturated carbocycles. The van der Waals surface area contributed by atoms with Crippen molar-refractivity contribution < 1.29 is 9.90 Å². The quantitative estimate of drug-likeness (QED) is 0.842. The lowest BCUT2D eigenvalue weighted by atomic mass is 10.1. The Kier molecular flexibility index (Phi) is 4.48. The fourth-order valence-corrected chi connectivity index (χ4v) is 2.19. The van der Waals surface area contributed by atoms with Crippen LogP contribution in [-0.2, 0) is 11.2 Å². The number of halogens is 1. The SMILES string of the molecule is Cc1ccc(CCC(=O)NCC2(CO)CC2)cc1Cl. The van der Waals surface area contributed by atoms with E-state index in [1.165, 1.54) is 0 Å². The van der Waals surface area contributed by atoms with Gasteiger partial charge in [-0.3, -0.25) is 4.79 Å². The van der Waals surface area contributed by atoms with Crippen LogP contribution in [0.25, 0.3) is 0 Å². The lowest BCUT2D eigenvalue weighted by Crippen LogP contribution is -2.31. The van der Waals surface area contributed by atoms with E-state index in [-0.39, 0.29) is 17.9 Å². The van der Waals surface area contributed by atoms with Gasteiger partial charge in [0.25, 0.3) is 0 Å². The Morgan fingerprint density at radius 3 is 2.79 bits per heavy atom. The van der Waals surface area contributed by atoms with Gasteiger partial charge in [-0.25, -0.2) is 0 Å². The van der Waals surface area contributed by atoms with Crippen molar-refractivity contribution in [1.82, 2.24) is 5.32 Å².